The van der Waals surface area contributed by atoms with E-state index in [2.05, 4.69) is 35.0 Å². The molecule has 0 radical (unpaired) electrons. The zero-order valence-electron chi connectivity index (χ0n) is 23.5. The van der Waals surface area contributed by atoms with Crippen LogP contribution in [0.15, 0.2) is 48.5 Å². The molecule has 0 saturated heterocycles. The summed E-state index contributed by atoms with van der Waals surface area (Å²) in [5.41, 5.74) is 2.73. The number of rotatable bonds is 20. The van der Waals surface area contributed by atoms with Crippen molar-refractivity contribution in [2.24, 2.45) is 0 Å². The van der Waals surface area contributed by atoms with Gasteiger partial charge in [-0.1, -0.05) is 103 Å². The molecule has 0 bridgehead atoms. The number of fused-ring (bicyclic) bond motifs is 1. The molecule has 0 aliphatic rings. The topological polar surface area (TPSA) is 46.9 Å². The van der Waals surface area contributed by atoms with E-state index in [1.165, 1.54) is 120 Å². The molecule has 0 saturated carbocycles. The highest BCUT2D eigenvalue weighted by molar-refractivity contribution is 5.94. The number of nitrogens with one attached hydrogen (secondary N) is 1. The molecule has 0 unspecified atom stereocenters. The first-order valence-electron chi connectivity index (χ1n) is 15.2. The SMILES string of the molecule is CCCCCCCCCCCCCCCCn1c(CCCNC(=O)c2ccc(F)cc2)nc2ccccc21. The second kappa shape index (κ2) is 17.8. The van der Waals surface area contributed by atoms with Gasteiger partial charge in [0.15, 0.2) is 0 Å². The van der Waals surface area contributed by atoms with Gasteiger partial charge in [-0.2, -0.15) is 0 Å². The predicted molar refractivity (Wildman–Crippen MR) is 157 cm³/mol. The molecule has 0 aliphatic carbocycles. The summed E-state index contributed by atoms with van der Waals surface area (Å²) < 4.78 is 15.5. The number of unbranched alkanes of at least 4 members (excludes halogenated alkanes) is 13. The molecule has 208 valence electrons. The van der Waals surface area contributed by atoms with Crippen LogP contribution in [0.2, 0.25) is 0 Å². The number of hydrogen-bond donors (Lipinski definition) is 1. The second-order valence-corrected chi connectivity index (χ2v) is 10.6. The van der Waals surface area contributed by atoms with Crippen LogP contribution in [0.3, 0.4) is 0 Å². The van der Waals surface area contributed by atoms with E-state index in [-0.39, 0.29) is 11.7 Å². The number of carbonyl (C=O) groups excluding carboxylic acids is 1. The van der Waals surface area contributed by atoms with E-state index in [4.69, 9.17) is 4.98 Å². The molecule has 1 N–H and O–H groups in total. The molecule has 0 fully saturated rings. The van der Waals surface area contributed by atoms with Gasteiger partial charge >= 0.3 is 0 Å². The maximum atomic E-state index is 13.1. The maximum Gasteiger partial charge on any atom is 0.251 e. The Morgan fingerprint density at radius 1 is 0.763 bits per heavy atom. The Kier molecular flexibility index (Phi) is 13.9. The molecule has 3 aromatic rings. The van der Waals surface area contributed by atoms with Gasteiger partial charge in [-0.25, -0.2) is 9.37 Å². The summed E-state index contributed by atoms with van der Waals surface area (Å²) in [7, 11) is 0. The summed E-state index contributed by atoms with van der Waals surface area (Å²) >= 11 is 0. The van der Waals surface area contributed by atoms with Crippen molar-refractivity contribution in [1.29, 1.82) is 0 Å². The zero-order valence-corrected chi connectivity index (χ0v) is 23.5. The van der Waals surface area contributed by atoms with E-state index in [0.717, 1.165) is 30.7 Å². The molecule has 5 heteroatoms. The Labute approximate surface area is 229 Å². The molecular formula is C33H48FN3O. The van der Waals surface area contributed by atoms with E-state index in [1.54, 1.807) is 0 Å². The minimum atomic E-state index is -0.334. The number of hydrogen-bond acceptors (Lipinski definition) is 2. The minimum absolute atomic E-state index is 0.166. The molecule has 2 aromatic carbocycles. The number of aromatic nitrogens is 2. The molecule has 1 heterocycles. The number of para-hydroxylation sites is 2. The number of benzene rings is 2. The normalized spacial score (nSPS) is 11.3. The van der Waals surface area contributed by atoms with Gasteiger partial charge in [0.2, 0.25) is 0 Å². The van der Waals surface area contributed by atoms with Crippen molar-refractivity contribution < 1.29 is 9.18 Å². The number of aryl methyl sites for hydroxylation is 2. The van der Waals surface area contributed by atoms with Crippen molar-refractivity contribution >= 4 is 16.9 Å². The number of halogens is 1. The number of carbonyl (C=O) groups is 1. The lowest BCUT2D eigenvalue weighted by molar-refractivity contribution is 0.0953. The molecule has 3 rings (SSSR count). The lowest BCUT2D eigenvalue weighted by atomic mass is 10.0. The van der Waals surface area contributed by atoms with Gasteiger partial charge < -0.3 is 9.88 Å². The molecule has 1 aromatic heterocycles. The predicted octanol–water partition coefficient (Wildman–Crippen LogP) is 9.02. The van der Waals surface area contributed by atoms with Crippen LogP contribution in [0.25, 0.3) is 11.0 Å². The minimum Gasteiger partial charge on any atom is -0.352 e. The van der Waals surface area contributed by atoms with Gasteiger partial charge in [-0.05, 0) is 49.2 Å². The highest BCUT2D eigenvalue weighted by Gasteiger charge is 2.11. The smallest absolute Gasteiger partial charge is 0.251 e. The summed E-state index contributed by atoms with van der Waals surface area (Å²) in [6, 6.07) is 14.0. The Balaban J connectivity index is 1.32. The Morgan fingerprint density at radius 2 is 1.34 bits per heavy atom. The van der Waals surface area contributed by atoms with Crippen molar-refractivity contribution in [2.75, 3.05) is 6.54 Å². The number of nitrogens with zero attached hydrogens (tertiary/aromatic N) is 2. The summed E-state index contributed by atoms with van der Waals surface area (Å²) in [4.78, 5) is 17.2. The van der Waals surface area contributed by atoms with E-state index >= 15 is 0 Å². The van der Waals surface area contributed by atoms with Crippen LogP contribution in [0.5, 0.6) is 0 Å². The summed E-state index contributed by atoms with van der Waals surface area (Å²) in [6.07, 6.45) is 20.7. The summed E-state index contributed by atoms with van der Waals surface area (Å²) in [5.74, 6) is 0.595. The molecule has 0 aliphatic heterocycles. The largest absolute Gasteiger partial charge is 0.352 e. The van der Waals surface area contributed by atoms with Gasteiger partial charge in [0.05, 0.1) is 11.0 Å². The monoisotopic (exact) mass is 521 g/mol. The van der Waals surface area contributed by atoms with Gasteiger partial charge in [0.25, 0.3) is 5.91 Å². The van der Waals surface area contributed by atoms with Gasteiger partial charge in [0, 0.05) is 25.1 Å². The maximum absolute atomic E-state index is 13.1. The van der Waals surface area contributed by atoms with Crippen molar-refractivity contribution in [3.8, 4) is 0 Å². The fraction of sp³-hybridized carbons (Fsp3) is 0.576. The first kappa shape index (κ1) is 29.9. The van der Waals surface area contributed by atoms with Crippen molar-refractivity contribution in [1.82, 2.24) is 14.9 Å². The van der Waals surface area contributed by atoms with E-state index in [1.807, 2.05) is 6.07 Å². The fourth-order valence-electron chi connectivity index (χ4n) is 5.18. The lowest BCUT2D eigenvalue weighted by Crippen LogP contribution is -2.25. The van der Waals surface area contributed by atoms with Gasteiger partial charge in [-0.3, -0.25) is 4.79 Å². The third-order valence-corrected chi connectivity index (χ3v) is 7.44. The van der Waals surface area contributed by atoms with Gasteiger partial charge in [0.1, 0.15) is 11.6 Å². The number of imidazole rings is 1. The van der Waals surface area contributed by atoms with Crippen molar-refractivity contribution in [3.05, 3.63) is 65.7 Å². The summed E-state index contributed by atoms with van der Waals surface area (Å²) in [5, 5.41) is 2.94. The van der Waals surface area contributed by atoms with Gasteiger partial charge in [-0.15, -0.1) is 0 Å². The average Bonchev–Trinajstić information content (AvgIpc) is 3.28. The molecule has 4 nitrogen and oxygen atoms in total. The zero-order chi connectivity index (χ0) is 26.8. The second-order valence-electron chi connectivity index (χ2n) is 10.6. The highest BCUT2D eigenvalue weighted by Crippen LogP contribution is 2.19. The Hall–Kier alpha value is -2.69. The summed E-state index contributed by atoms with van der Waals surface area (Å²) in [6.45, 7) is 3.84. The van der Waals surface area contributed by atoms with Crippen LogP contribution in [0.4, 0.5) is 4.39 Å². The van der Waals surface area contributed by atoms with Crippen LogP contribution in [0.1, 0.15) is 119 Å². The Bertz CT molecular complexity index is 1060. The van der Waals surface area contributed by atoms with E-state index in [9.17, 15) is 9.18 Å². The average molecular weight is 522 g/mol. The third-order valence-electron chi connectivity index (χ3n) is 7.44. The van der Waals surface area contributed by atoms with Crippen LogP contribution in [-0.2, 0) is 13.0 Å². The molecule has 0 spiro atoms. The molecular weight excluding hydrogens is 473 g/mol. The fourth-order valence-corrected chi connectivity index (χ4v) is 5.18. The first-order chi connectivity index (χ1) is 18.7. The van der Waals surface area contributed by atoms with E-state index in [0.29, 0.717) is 12.1 Å². The number of amides is 1. The van der Waals surface area contributed by atoms with E-state index < -0.39 is 0 Å². The lowest BCUT2D eigenvalue weighted by Gasteiger charge is -2.10. The first-order valence-corrected chi connectivity index (χ1v) is 15.2. The van der Waals surface area contributed by atoms with Crippen molar-refractivity contribution in [2.45, 2.75) is 116 Å². The Morgan fingerprint density at radius 3 is 1.97 bits per heavy atom. The van der Waals surface area contributed by atoms with Crippen LogP contribution in [-0.4, -0.2) is 22.0 Å². The van der Waals surface area contributed by atoms with Crippen molar-refractivity contribution in [3.63, 3.8) is 0 Å². The van der Waals surface area contributed by atoms with Crippen LogP contribution in [0, 0.1) is 5.82 Å². The standard InChI is InChI=1S/C33H48FN3O/c1-2-3-4-5-6-7-8-9-10-11-12-13-14-17-27-37-31-20-16-15-19-30(31)36-32(37)21-18-26-35-33(38)28-22-24-29(34)25-23-28/h15-16,19-20,22-25H,2-14,17-18,21,26-27H2,1H3,(H,35,38). The molecule has 38 heavy (non-hydrogen) atoms. The molecule has 1 amide bonds. The quantitative estimate of drug-likeness (QED) is 0.151. The van der Waals surface area contributed by atoms with Crippen LogP contribution >= 0.6 is 0 Å². The third kappa shape index (κ3) is 10.6. The highest BCUT2D eigenvalue weighted by atomic mass is 19.1. The molecule has 0 atom stereocenters. The van der Waals surface area contributed by atoms with Crippen LogP contribution < -0.4 is 5.32 Å².